The molecule has 0 fully saturated rings. The Morgan fingerprint density at radius 2 is 2.00 bits per heavy atom. The van der Waals surface area contributed by atoms with Gasteiger partial charge in [-0.2, -0.15) is 0 Å². The largest absolute Gasteiger partial charge is 0.615 e. The third-order valence-corrected chi connectivity index (χ3v) is 2.47. The summed E-state index contributed by atoms with van der Waals surface area (Å²) in [7, 11) is 0.131. The molecule has 1 aromatic carbocycles. The van der Waals surface area contributed by atoms with E-state index in [4.69, 9.17) is 0 Å². The summed E-state index contributed by atoms with van der Waals surface area (Å²) in [5.41, 5.74) is 2.21. The van der Waals surface area contributed by atoms with Gasteiger partial charge in [-0.3, -0.25) is 13.7 Å². The summed E-state index contributed by atoms with van der Waals surface area (Å²) in [5.74, 6) is 0.396. The van der Waals surface area contributed by atoms with Gasteiger partial charge in [0.25, 0.3) is 0 Å². The summed E-state index contributed by atoms with van der Waals surface area (Å²) in [6, 6.07) is 12.3. The Labute approximate surface area is 105 Å². The van der Waals surface area contributed by atoms with Crippen LogP contribution in [0.2, 0.25) is 0 Å². The lowest BCUT2D eigenvalue weighted by atomic mass is 10.1. The van der Waals surface area contributed by atoms with Gasteiger partial charge in [0.15, 0.2) is 0 Å². The molecule has 0 saturated heterocycles. The SMILES string of the molecule is F[B]Oc1cccc(-c2cccc(CCF)n2)c1. The number of halogens is 2. The van der Waals surface area contributed by atoms with Crippen molar-refractivity contribution >= 4 is 7.76 Å². The van der Waals surface area contributed by atoms with Gasteiger partial charge in [-0.15, -0.1) is 0 Å². The van der Waals surface area contributed by atoms with Crippen molar-refractivity contribution in [3.8, 4) is 17.0 Å². The Kier molecular flexibility index (Phi) is 4.28. The zero-order chi connectivity index (χ0) is 12.8. The van der Waals surface area contributed by atoms with Crippen molar-refractivity contribution in [3.05, 3.63) is 48.2 Å². The maximum Gasteiger partial charge on any atom is 0.615 e. The van der Waals surface area contributed by atoms with E-state index >= 15 is 0 Å². The van der Waals surface area contributed by atoms with Crippen LogP contribution in [0.5, 0.6) is 5.75 Å². The zero-order valence-corrected chi connectivity index (χ0v) is 9.64. The highest BCUT2D eigenvalue weighted by molar-refractivity contribution is 6.18. The standard InChI is InChI=1S/C13H11BF2NO/c15-8-7-11-4-2-6-13(17-11)10-3-1-5-12(9-10)18-14-16/h1-6,9H,7-8H2. The summed E-state index contributed by atoms with van der Waals surface area (Å²) in [4.78, 5) is 4.33. The van der Waals surface area contributed by atoms with Gasteiger partial charge in [0.2, 0.25) is 0 Å². The van der Waals surface area contributed by atoms with E-state index in [-0.39, 0.29) is 7.76 Å². The predicted molar refractivity (Wildman–Crippen MR) is 66.8 cm³/mol. The number of aryl methyl sites for hydroxylation is 1. The second-order valence-corrected chi connectivity index (χ2v) is 3.69. The fourth-order valence-corrected chi connectivity index (χ4v) is 1.66. The van der Waals surface area contributed by atoms with Crippen molar-refractivity contribution in [3.63, 3.8) is 0 Å². The molecule has 18 heavy (non-hydrogen) atoms. The Hall–Kier alpha value is -1.91. The average molecular weight is 246 g/mol. The first kappa shape index (κ1) is 12.5. The molecule has 0 aliphatic heterocycles. The van der Waals surface area contributed by atoms with Gasteiger partial charge in [0, 0.05) is 17.7 Å². The lowest BCUT2D eigenvalue weighted by Crippen LogP contribution is -1.96. The first-order valence-corrected chi connectivity index (χ1v) is 5.54. The lowest BCUT2D eigenvalue weighted by molar-refractivity contribution is 0.492. The van der Waals surface area contributed by atoms with E-state index < -0.39 is 6.67 Å². The van der Waals surface area contributed by atoms with Gasteiger partial charge in [-0.05, 0) is 24.3 Å². The topological polar surface area (TPSA) is 22.1 Å². The van der Waals surface area contributed by atoms with Crippen molar-refractivity contribution in [2.45, 2.75) is 6.42 Å². The van der Waals surface area contributed by atoms with E-state index in [1.807, 2.05) is 18.2 Å². The van der Waals surface area contributed by atoms with Crippen LogP contribution in [0.1, 0.15) is 5.69 Å². The highest BCUT2D eigenvalue weighted by atomic mass is 19.1. The molecule has 0 saturated carbocycles. The molecule has 0 unspecified atom stereocenters. The third kappa shape index (κ3) is 3.06. The number of hydrogen-bond donors (Lipinski definition) is 0. The van der Waals surface area contributed by atoms with Crippen LogP contribution in [-0.4, -0.2) is 19.4 Å². The minimum atomic E-state index is -0.434. The molecular formula is C13H11BF2NO. The molecule has 0 aliphatic rings. The second-order valence-electron chi connectivity index (χ2n) is 3.69. The first-order chi connectivity index (χ1) is 8.83. The van der Waals surface area contributed by atoms with Crippen LogP contribution >= 0.6 is 0 Å². The van der Waals surface area contributed by atoms with Crippen LogP contribution in [0.15, 0.2) is 42.5 Å². The summed E-state index contributed by atoms with van der Waals surface area (Å²) in [6.45, 7) is -0.434. The van der Waals surface area contributed by atoms with Crippen molar-refractivity contribution < 1.29 is 13.4 Å². The van der Waals surface area contributed by atoms with Crippen molar-refractivity contribution in [1.82, 2.24) is 4.98 Å². The molecule has 2 nitrogen and oxygen atoms in total. The van der Waals surface area contributed by atoms with Gasteiger partial charge < -0.3 is 4.65 Å². The molecule has 2 rings (SSSR count). The summed E-state index contributed by atoms with van der Waals surface area (Å²) >= 11 is 0. The van der Waals surface area contributed by atoms with E-state index in [0.717, 1.165) is 5.56 Å². The van der Waals surface area contributed by atoms with E-state index in [0.29, 0.717) is 23.6 Å². The van der Waals surface area contributed by atoms with Crippen LogP contribution in [0.3, 0.4) is 0 Å². The quantitative estimate of drug-likeness (QED) is 0.756. The maximum absolute atomic E-state index is 12.3. The normalized spacial score (nSPS) is 10.1. The van der Waals surface area contributed by atoms with E-state index in [2.05, 4.69) is 9.64 Å². The smallest absolute Gasteiger partial charge is 0.534 e. The maximum atomic E-state index is 12.3. The lowest BCUT2D eigenvalue weighted by Gasteiger charge is -2.06. The van der Waals surface area contributed by atoms with E-state index in [9.17, 15) is 8.71 Å². The Balaban J connectivity index is 2.29. The molecule has 0 amide bonds. The summed E-state index contributed by atoms with van der Waals surface area (Å²) < 4.78 is 28.9. The van der Waals surface area contributed by atoms with Gasteiger partial charge in [0.1, 0.15) is 5.75 Å². The number of alkyl halides is 1. The van der Waals surface area contributed by atoms with Gasteiger partial charge in [-0.1, -0.05) is 18.2 Å². The molecule has 2 aromatic rings. The number of nitrogens with zero attached hydrogens (tertiary/aromatic N) is 1. The number of aromatic nitrogens is 1. The molecule has 0 N–H and O–H groups in total. The Morgan fingerprint density at radius 3 is 2.78 bits per heavy atom. The van der Waals surface area contributed by atoms with Crippen molar-refractivity contribution in [2.75, 3.05) is 6.67 Å². The molecule has 5 heteroatoms. The minimum absolute atomic E-state index is 0.131. The summed E-state index contributed by atoms with van der Waals surface area (Å²) in [5, 5.41) is 0. The van der Waals surface area contributed by atoms with E-state index in [1.165, 1.54) is 0 Å². The minimum Gasteiger partial charge on any atom is -0.534 e. The zero-order valence-electron chi connectivity index (χ0n) is 9.64. The monoisotopic (exact) mass is 246 g/mol. The highest BCUT2D eigenvalue weighted by Gasteiger charge is 2.03. The van der Waals surface area contributed by atoms with Crippen molar-refractivity contribution in [2.24, 2.45) is 0 Å². The average Bonchev–Trinajstić information content (AvgIpc) is 2.40. The molecule has 0 atom stereocenters. The molecule has 1 aromatic heterocycles. The number of hydrogen-bond acceptors (Lipinski definition) is 2. The van der Waals surface area contributed by atoms with Gasteiger partial charge >= 0.3 is 7.76 Å². The highest BCUT2D eigenvalue weighted by Crippen LogP contribution is 2.22. The van der Waals surface area contributed by atoms with Crippen LogP contribution in [-0.2, 0) is 6.42 Å². The molecule has 1 heterocycles. The molecule has 0 bridgehead atoms. The van der Waals surface area contributed by atoms with Gasteiger partial charge in [0.05, 0.1) is 12.4 Å². The predicted octanol–water partition coefficient (Wildman–Crippen LogP) is 3.14. The molecule has 0 aliphatic carbocycles. The van der Waals surface area contributed by atoms with Crippen LogP contribution < -0.4 is 4.65 Å². The van der Waals surface area contributed by atoms with Crippen LogP contribution in [0, 0.1) is 0 Å². The molecular weight excluding hydrogens is 235 g/mol. The third-order valence-electron chi connectivity index (χ3n) is 2.47. The Bertz CT molecular complexity index is 474. The number of rotatable bonds is 5. The fourth-order valence-electron chi connectivity index (χ4n) is 1.66. The first-order valence-electron chi connectivity index (χ1n) is 5.54. The second kappa shape index (κ2) is 6.14. The number of pyridine rings is 1. The van der Waals surface area contributed by atoms with Crippen molar-refractivity contribution in [1.29, 1.82) is 0 Å². The van der Waals surface area contributed by atoms with E-state index in [1.54, 1.807) is 24.3 Å². The number of benzene rings is 1. The Morgan fingerprint density at radius 1 is 1.17 bits per heavy atom. The molecule has 0 spiro atoms. The summed E-state index contributed by atoms with van der Waals surface area (Å²) in [6.07, 6.45) is 0.294. The van der Waals surface area contributed by atoms with Crippen LogP contribution in [0.25, 0.3) is 11.3 Å². The molecule has 1 radical (unpaired) electrons. The van der Waals surface area contributed by atoms with Crippen LogP contribution in [0.4, 0.5) is 8.71 Å². The van der Waals surface area contributed by atoms with Gasteiger partial charge in [-0.25, -0.2) is 0 Å². The molecule has 91 valence electrons. The fraction of sp³-hybridized carbons (Fsp3) is 0.154.